The predicted octanol–water partition coefficient (Wildman–Crippen LogP) is 3.21. The molecule has 0 saturated carbocycles. The summed E-state index contributed by atoms with van der Waals surface area (Å²) in [7, 11) is -3.40. The lowest BCUT2D eigenvalue weighted by Gasteiger charge is -2.19. The van der Waals surface area contributed by atoms with Crippen LogP contribution in [-0.4, -0.2) is 24.1 Å². The molecular formula is C17H20N2O3S. The van der Waals surface area contributed by atoms with Crippen molar-refractivity contribution in [3.63, 3.8) is 0 Å². The first-order chi connectivity index (χ1) is 10.6. The summed E-state index contributed by atoms with van der Waals surface area (Å²) in [6.45, 7) is 6.78. The average molecular weight is 332 g/mol. The standard InChI is InChI=1S/C17H20N2O3S/c1-12-11-13(9-10-18-12)16(20)19-14-5-7-15(8-6-14)23(21,22)17(2,3)4/h5-11H,1-4H3,(H,19,20). The highest BCUT2D eigenvalue weighted by atomic mass is 32.2. The third-order valence-corrected chi connectivity index (χ3v) is 5.89. The van der Waals surface area contributed by atoms with Gasteiger partial charge in [-0.15, -0.1) is 0 Å². The Hall–Kier alpha value is -2.21. The number of carbonyl (C=O) groups excluding carboxylic acids is 1. The molecule has 1 aromatic heterocycles. The summed E-state index contributed by atoms with van der Waals surface area (Å²) in [6, 6.07) is 9.51. The lowest BCUT2D eigenvalue weighted by atomic mass is 10.2. The van der Waals surface area contributed by atoms with Gasteiger partial charge in [0, 0.05) is 23.1 Å². The topological polar surface area (TPSA) is 76.1 Å². The Morgan fingerprint density at radius 3 is 2.22 bits per heavy atom. The molecule has 0 spiro atoms. The molecule has 0 aliphatic carbocycles. The summed E-state index contributed by atoms with van der Waals surface area (Å²) in [6.07, 6.45) is 1.57. The van der Waals surface area contributed by atoms with Gasteiger partial charge < -0.3 is 5.32 Å². The van der Waals surface area contributed by atoms with Gasteiger partial charge in [0.05, 0.1) is 9.64 Å². The zero-order valence-corrected chi connectivity index (χ0v) is 14.4. The Kier molecular flexibility index (Phi) is 4.56. The summed E-state index contributed by atoms with van der Waals surface area (Å²) >= 11 is 0. The molecule has 0 bridgehead atoms. The maximum absolute atomic E-state index is 12.4. The number of aryl methyl sites for hydroxylation is 1. The maximum atomic E-state index is 12.4. The number of anilines is 1. The minimum atomic E-state index is -3.40. The first-order valence-electron chi connectivity index (χ1n) is 7.20. The van der Waals surface area contributed by atoms with Crippen molar-refractivity contribution in [3.8, 4) is 0 Å². The van der Waals surface area contributed by atoms with E-state index < -0.39 is 14.6 Å². The monoisotopic (exact) mass is 332 g/mol. The highest BCUT2D eigenvalue weighted by Crippen LogP contribution is 2.25. The van der Waals surface area contributed by atoms with Gasteiger partial charge in [-0.1, -0.05) is 0 Å². The van der Waals surface area contributed by atoms with Crippen LogP contribution in [0, 0.1) is 6.92 Å². The van der Waals surface area contributed by atoms with Gasteiger partial charge in [-0.05, 0) is 64.1 Å². The van der Waals surface area contributed by atoms with E-state index in [4.69, 9.17) is 0 Å². The maximum Gasteiger partial charge on any atom is 0.255 e. The molecule has 2 aromatic rings. The largest absolute Gasteiger partial charge is 0.322 e. The van der Waals surface area contributed by atoms with E-state index in [9.17, 15) is 13.2 Å². The second-order valence-corrected chi connectivity index (χ2v) is 8.98. The van der Waals surface area contributed by atoms with E-state index in [1.165, 1.54) is 12.1 Å². The Morgan fingerprint density at radius 1 is 1.09 bits per heavy atom. The van der Waals surface area contributed by atoms with E-state index in [1.807, 2.05) is 6.92 Å². The molecule has 122 valence electrons. The molecule has 0 unspecified atom stereocenters. The van der Waals surface area contributed by atoms with Crippen LogP contribution in [0.3, 0.4) is 0 Å². The van der Waals surface area contributed by atoms with Crippen molar-refractivity contribution in [2.45, 2.75) is 37.3 Å². The number of sulfone groups is 1. The lowest BCUT2D eigenvalue weighted by molar-refractivity contribution is 0.102. The number of amides is 1. The van der Waals surface area contributed by atoms with Crippen molar-refractivity contribution >= 4 is 21.4 Å². The number of nitrogens with one attached hydrogen (secondary N) is 1. The van der Waals surface area contributed by atoms with Crippen molar-refractivity contribution in [1.29, 1.82) is 0 Å². The number of aromatic nitrogens is 1. The number of benzene rings is 1. The van der Waals surface area contributed by atoms with Gasteiger partial charge in [-0.3, -0.25) is 9.78 Å². The summed E-state index contributed by atoms with van der Waals surface area (Å²) < 4.78 is 23.8. The molecule has 0 saturated heterocycles. The molecule has 0 aliphatic heterocycles. The third-order valence-electron chi connectivity index (χ3n) is 3.39. The van der Waals surface area contributed by atoms with E-state index in [-0.39, 0.29) is 10.8 Å². The number of carbonyl (C=O) groups is 1. The Bertz CT molecular complexity index is 820. The van der Waals surface area contributed by atoms with Gasteiger partial charge in [0.15, 0.2) is 9.84 Å². The van der Waals surface area contributed by atoms with Crippen LogP contribution >= 0.6 is 0 Å². The highest BCUT2D eigenvalue weighted by molar-refractivity contribution is 7.92. The molecule has 6 heteroatoms. The van der Waals surface area contributed by atoms with Crippen LogP contribution in [0.5, 0.6) is 0 Å². The van der Waals surface area contributed by atoms with Gasteiger partial charge in [-0.25, -0.2) is 8.42 Å². The second kappa shape index (κ2) is 6.12. The van der Waals surface area contributed by atoms with E-state index in [0.717, 1.165) is 5.69 Å². The number of hydrogen-bond acceptors (Lipinski definition) is 4. The zero-order valence-electron chi connectivity index (χ0n) is 13.6. The van der Waals surface area contributed by atoms with E-state index in [1.54, 1.807) is 51.2 Å². The summed E-state index contributed by atoms with van der Waals surface area (Å²) in [4.78, 5) is 16.4. The highest BCUT2D eigenvalue weighted by Gasteiger charge is 2.30. The molecule has 1 heterocycles. The summed E-state index contributed by atoms with van der Waals surface area (Å²) in [5, 5.41) is 2.74. The SMILES string of the molecule is Cc1cc(C(=O)Nc2ccc(S(=O)(=O)C(C)(C)C)cc2)ccn1. The second-order valence-electron chi connectivity index (χ2n) is 6.28. The number of hydrogen-bond donors (Lipinski definition) is 1. The van der Waals surface area contributed by atoms with Crippen molar-refractivity contribution in [1.82, 2.24) is 4.98 Å². The number of pyridine rings is 1. The van der Waals surface area contributed by atoms with Gasteiger partial charge in [-0.2, -0.15) is 0 Å². The normalized spacial score (nSPS) is 12.0. The fourth-order valence-corrected chi connectivity index (χ4v) is 3.16. The minimum absolute atomic E-state index is 0.239. The van der Waals surface area contributed by atoms with Crippen molar-refractivity contribution < 1.29 is 13.2 Å². The molecule has 0 radical (unpaired) electrons. The Labute approximate surface area is 136 Å². The fourth-order valence-electron chi connectivity index (χ4n) is 1.96. The predicted molar refractivity (Wildman–Crippen MR) is 90.3 cm³/mol. The van der Waals surface area contributed by atoms with Crippen LogP contribution in [-0.2, 0) is 9.84 Å². The van der Waals surface area contributed by atoms with Crippen LogP contribution in [0.15, 0.2) is 47.5 Å². The van der Waals surface area contributed by atoms with Gasteiger partial charge in [0.1, 0.15) is 0 Å². The number of nitrogens with zero attached hydrogens (tertiary/aromatic N) is 1. The Morgan fingerprint density at radius 2 is 1.70 bits per heavy atom. The molecule has 0 fully saturated rings. The average Bonchev–Trinajstić information content (AvgIpc) is 2.46. The van der Waals surface area contributed by atoms with E-state index >= 15 is 0 Å². The van der Waals surface area contributed by atoms with E-state index in [0.29, 0.717) is 11.3 Å². The van der Waals surface area contributed by atoms with Crippen molar-refractivity contribution in [2.75, 3.05) is 5.32 Å². The van der Waals surface area contributed by atoms with Crippen LogP contribution in [0.1, 0.15) is 36.8 Å². The zero-order chi connectivity index (χ0) is 17.3. The molecule has 0 atom stereocenters. The van der Waals surface area contributed by atoms with Crippen LogP contribution in [0.25, 0.3) is 0 Å². The molecule has 1 aromatic carbocycles. The quantitative estimate of drug-likeness (QED) is 0.936. The summed E-state index contributed by atoms with van der Waals surface area (Å²) in [5.74, 6) is -0.262. The lowest BCUT2D eigenvalue weighted by Crippen LogP contribution is -2.27. The van der Waals surface area contributed by atoms with Crippen LogP contribution in [0.2, 0.25) is 0 Å². The molecule has 2 rings (SSSR count). The van der Waals surface area contributed by atoms with E-state index in [2.05, 4.69) is 10.3 Å². The summed E-state index contributed by atoms with van der Waals surface area (Å²) in [5.41, 5.74) is 1.80. The third kappa shape index (κ3) is 3.76. The van der Waals surface area contributed by atoms with Crippen molar-refractivity contribution in [2.24, 2.45) is 0 Å². The molecule has 1 N–H and O–H groups in total. The molecule has 1 amide bonds. The molecule has 5 nitrogen and oxygen atoms in total. The van der Waals surface area contributed by atoms with Crippen molar-refractivity contribution in [3.05, 3.63) is 53.9 Å². The van der Waals surface area contributed by atoms with Crippen LogP contribution in [0.4, 0.5) is 5.69 Å². The fraction of sp³-hybridized carbons (Fsp3) is 0.294. The number of rotatable bonds is 3. The van der Waals surface area contributed by atoms with Gasteiger partial charge in [0.25, 0.3) is 5.91 Å². The molecule has 0 aliphatic rings. The van der Waals surface area contributed by atoms with Gasteiger partial charge in [0.2, 0.25) is 0 Å². The van der Waals surface area contributed by atoms with Crippen LogP contribution < -0.4 is 5.32 Å². The molecular weight excluding hydrogens is 312 g/mol. The smallest absolute Gasteiger partial charge is 0.255 e. The first-order valence-corrected chi connectivity index (χ1v) is 8.68. The first kappa shape index (κ1) is 17.1. The molecule has 23 heavy (non-hydrogen) atoms. The van der Waals surface area contributed by atoms with Gasteiger partial charge >= 0.3 is 0 Å². The minimum Gasteiger partial charge on any atom is -0.322 e. The Balaban J connectivity index is 2.20.